The molecule has 2 aromatic rings. The molecule has 0 radical (unpaired) electrons. The van der Waals surface area contributed by atoms with Crippen molar-refractivity contribution in [3.05, 3.63) is 39.5 Å². The van der Waals surface area contributed by atoms with Crippen molar-refractivity contribution in [2.75, 3.05) is 13.2 Å². The van der Waals surface area contributed by atoms with Crippen molar-refractivity contribution in [2.45, 2.75) is 20.8 Å². The third-order valence-corrected chi connectivity index (χ3v) is 3.58. The predicted octanol–water partition coefficient (Wildman–Crippen LogP) is 3.66. The van der Waals surface area contributed by atoms with Gasteiger partial charge in [-0.05, 0) is 60.5 Å². The van der Waals surface area contributed by atoms with Crippen molar-refractivity contribution in [2.24, 2.45) is 0 Å². The number of aromatic nitrogens is 1. The standard InChI is InChI=1S/C16H16BrNO4/c1-4-21-15(19)11-8-10-6-9(3)7-12(17)13(10)18-14(11)16(20)22-5-2/h6-8H,4-5H2,1-3H3. The van der Waals surface area contributed by atoms with Crippen molar-refractivity contribution in [3.8, 4) is 0 Å². The second kappa shape index (κ2) is 6.87. The summed E-state index contributed by atoms with van der Waals surface area (Å²) in [4.78, 5) is 28.5. The molecule has 0 atom stereocenters. The number of fused-ring (bicyclic) bond motifs is 1. The molecular weight excluding hydrogens is 350 g/mol. The summed E-state index contributed by atoms with van der Waals surface area (Å²) in [6.45, 7) is 5.76. The van der Waals surface area contributed by atoms with Gasteiger partial charge in [0.15, 0.2) is 5.69 Å². The summed E-state index contributed by atoms with van der Waals surface area (Å²) in [6, 6.07) is 5.41. The van der Waals surface area contributed by atoms with Crippen LogP contribution in [0.5, 0.6) is 0 Å². The lowest BCUT2D eigenvalue weighted by Gasteiger charge is -2.10. The Bertz CT molecular complexity index is 742. The van der Waals surface area contributed by atoms with Crippen molar-refractivity contribution in [3.63, 3.8) is 0 Å². The van der Waals surface area contributed by atoms with Gasteiger partial charge in [0.1, 0.15) is 0 Å². The van der Waals surface area contributed by atoms with Gasteiger partial charge in [-0.3, -0.25) is 0 Å². The van der Waals surface area contributed by atoms with Crippen LogP contribution in [0.15, 0.2) is 22.7 Å². The number of carbonyl (C=O) groups excluding carboxylic acids is 2. The summed E-state index contributed by atoms with van der Waals surface area (Å²) in [7, 11) is 0. The molecule has 0 aliphatic rings. The smallest absolute Gasteiger partial charge is 0.357 e. The largest absolute Gasteiger partial charge is 0.462 e. The fourth-order valence-corrected chi connectivity index (χ4v) is 2.78. The molecular formula is C16H16BrNO4. The van der Waals surface area contributed by atoms with Crippen molar-refractivity contribution in [1.29, 1.82) is 0 Å². The van der Waals surface area contributed by atoms with Crippen LogP contribution in [0.4, 0.5) is 0 Å². The summed E-state index contributed by atoms with van der Waals surface area (Å²) in [5.41, 5.74) is 1.70. The topological polar surface area (TPSA) is 65.5 Å². The summed E-state index contributed by atoms with van der Waals surface area (Å²) in [5.74, 6) is -1.22. The van der Waals surface area contributed by atoms with E-state index < -0.39 is 11.9 Å². The second-order valence-electron chi connectivity index (χ2n) is 4.64. The van der Waals surface area contributed by atoms with Gasteiger partial charge in [0.25, 0.3) is 0 Å². The molecule has 0 fully saturated rings. The minimum Gasteiger partial charge on any atom is -0.462 e. The van der Waals surface area contributed by atoms with Crippen LogP contribution < -0.4 is 0 Å². The Morgan fingerprint density at radius 3 is 2.36 bits per heavy atom. The third kappa shape index (κ3) is 3.27. The number of carbonyl (C=O) groups is 2. The zero-order valence-electron chi connectivity index (χ0n) is 12.6. The minimum absolute atomic E-state index is 0.0302. The number of halogens is 1. The van der Waals surface area contributed by atoms with E-state index in [-0.39, 0.29) is 24.5 Å². The van der Waals surface area contributed by atoms with Gasteiger partial charge in [-0.25, -0.2) is 14.6 Å². The molecule has 5 nitrogen and oxygen atoms in total. The van der Waals surface area contributed by atoms with Crippen LogP contribution >= 0.6 is 15.9 Å². The number of hydrogen-bond acceptors (Lipinski definition) is 5. The molecule has 0 N–H and O–H groups in total. The number of ether oxygens (including phenoxy) is 2. The van der Waals surface area contributed by atoms with Gasteiger partial charge in [0.05, 0.1) is 24.3 Å². The van der Waals surface area contributed by atoms with E-state index >= 15 is 0 Å². The highest BCUT2D eigenvalue weighted by molar-refractivity contribution is 9.10. The molecule has 0 aliphatic heterocycles. The number of rotatable bonds is 4. The second-order valence-corrected chi connectivity index (χ2v) is 5.50. The Balaban J connectivity index is 2.70. The van der Waals surface area contributed by atoms with Gasteiger partial charge >= 0.3 is 11.9 Å². The van der Waals surface area contributed by atoms with E-state index in [2.05, 4.69) is 20.9 Å². The lowest BCUT2D eigenvalue weighted by Crippen LogP contribution is -2.16. The first-order valence-corrected chi connectivity index (χ1v) is 7.72. The first-order chi connectivity index (χ1) is 10.5. The normalized spacial score (nSPS) is 10.5. The summed E-state index contributed by atoms with van der Waals surface area (Å²) in [5, 5.41) is 0.753. The van der Waals surface area contributed by atoms with E-state index in [9.17, 15) is 9.59 Å². The first kappa shape index (κ1) is 16.4. The molecule has 0 unspecified atom stereocenters. The number of benzene rings is 1. The fourth-order valence-electron chi connectivity index (χ4n) is 2.10. The van der Waals surface area contributed by atoms with Crippen LogP contribution in [-0.4, -0.2) is 30.1 Å². The quantitative estimate of drug-likeness (QED) is 0.773. The van der Waals surface area contributed by atoms with Gasteiger partial charge in [0.2, 0.25) is 0 Å². The molecule has 0 aliphatic carbocycles. The summed E-state index contributed by atoms with van der Waals surface area (Å²) >= 11 is 3.43. The summed E-state index contributed by atoms with van der Waals surface area (Å²) < 4.78 is 10.7. The van der Waals surface area contributed by atoms with E-state index in [1.54, 1.807) is 19.9 Å². The van der Waals surface area contributed by atoms with Crippen LogP contribution in [-0.2, 0) is 9.47 Å². The van der Waals surface area contributed by atoms with Crippen LogP contribution in [0.1, 0.15) is 40.3 Å². The molecule has 0 spiro atoms. The van der Waals surface area contributed by atoms with Crippen LogP contribution in [0.2, 0.25) is 0 Å². The highest BCUT2D eigenvalue weighted by atomic mass is 79.9. The minimum atomic E-state index is -0.639. The van der Waals surface area contributed by atoms with Gasteiger partial charge < -0.3 is 9.47 Å². The Kier molecular flexibility index (Phi) is 5.13. The molecule has 6 heteroatoms. The maximum atomic E-state index is 12.1. The Hall–Kier alpha value is -1.95. The lowest BCUT2D eigenvalue weighted by atomic mass is 10.1. The van der Waals surface area contributed by atoms with E-state index in [0.29, 0.717) is 5.52 Å². The van der Waals surface area contributed by atoms with E-state index in [1.165, 1.54) is 0 Å². The van der Waals surface area contributed by atoms with Gasteiger partial charge in [0, 0.05) is 9.86 Å². The average molecular weight is 366 g/mol. The zero-order valence-corrected chi connectivity index (χ0v) is 14.2. The molecule has 22 heavy (non-hydrogen) atoms. The van der Waals surface area contributed by atoms with E-state index in [1.807, 2.05) is 19.1 Å². The Labute approximate surface area is 136 Å². The zero-order chi connectivity index (χ0) is 16.3. The highest BCUT2D eigenvalue weighted by Gasteiger charge is 2.22. The fraction of sp³-hybridized carbons (Fsp3) is 0.312. The SMILES string of the molecule is CCOC(=O)c1cc2cc(C)cc(Br)c2nc1C(=O)OCC. The number of pyridine rings is 1. The summed E-state index contributed by atoms with van der Waals surface area (Å²) in [6.07, 6.45) is 0. The van der Waals surface area contributed by atoms with Gasteiger partial charge in [-0.15, -0.1) is 0 Å². The molecule has 1 heterocycles. The Morgan fingerprint density at radius 2 is 1.73 bits per heavy atom. The average Bonchev–Trinajstić information content (AvgIpc) is 2.46. The maximum absolute atomic E-state index is 12.1. The number of esters is 2. The van der Waals surface area contributed by atoms with Crippen LogP contribution in [0.3, 0.4) is 0 Å². The molecule has 0 amide bonds. The van der Waals surface area contributed by atoms with E-state index in [0.717, 1.165) is 15.4 Å². The van der Waals surface area contributed by atoms with Crippen LogP contribution in [0.25, 0.3) is 10.9 Å². The first-order valence-electron chi connectivity index (χ1n) is 6.93. The van der Waals surface area contributed by atoms with Crippen molar-refractivity contribution in [1.82, 2.24) is 4.98 Å². The number of aryl methyl sites for hydroxylation is 1. The highest BCUT2D eigenvalue weighted by Crippen LogP contribution is 2.27. The van der Waals surface area contributed by atoms with Gasteiger partial charge in [-0.1, -0.05) is 0 Å². The van der Waals surface area contributed by atoms with Crippen molar-refractivity contribution < 1.29 is 19.1 Å². The third-order valence-electron chi connectivity index (χ3n) is 2.98. The Morgan fingerprint density at radius 1 is 1.09 bits per heavy atom. The van der Waals surface area contributed by atoms with Crippen LogP contribution in [0, 0.1) is 6.92 Å². The molecule has 1 aromatic carbocycles. The molecule has 116 valence electrons. The number of nitrogens with zero attached hydrogens (tertiary/aromatic N) is 1. The molecule has 1 aromatic heterocycles. The molecule has 0 saturated heterocycles. The predicted molar refractivity (Wildman–Crippen MR) is 86.1 cm³/mol. The number of hydrogen-bond donors (Lipinski definition) is 0. The monoisotopic (exact) mass is 365 g/mol. The van der Waals surface area contributed by atoms with Gasteiger partial charge in [-0.2, -0.15) is 0 Å². The maximum Gasteiger partial charge on any atom is 0.357 e. The van der Waals surface area contributed by atoms with Crippen molar-refractivity contribution >= 4 is 38.8 Å². The molecule has 2 rings (SSSR count). The molecule has 0 saturated carbocycles. The van der Waals surface area contributed by atoms with E-state index in [4.69, 9.17) is 9.47 Å². The lowest BCUT2D eigenvalue weighted by molar-refractivity contribution is 0.0474. The molecule has 0 bridgehead atoms.